The van der Waals surface area contributed by atoms with E-state index in [0.29, 0.717) is 11.1 Å². The Balaban J connectivity index is 0.000000479. The molecule has 31 heavy (non-hydrogen) atoms. The van der Waals surface area contributed by atoms with Gasteiger partial charge >= 0.3 is 11.9 Å². The summed E-state index contributed by atoms with van der Waals surface area (Å²) >= 11 is 0. The fraction of sp³-hybridized carbons (Fsp3) is 0.440. The first-order valence-electron chi connectivity index (χ1n) is 10.1. The quantitative estimate of drug-likeness (QED) is 0.558. The Morgan fingerprint density at radius 1 is 0.710 bits per heavy atom. The number of aliphatic hydroxyl groups is 2. The molecule has 172 valence electrons. The van der Waals surface area contributed by atoms with E-state index in [4.69, 9.17) is 20.4 Å². The van der Waals surface area contributed by atoms with Gasteiger partial charge in [-0.15, -0.1) is 0 Å². The lowest BCUT2D eigenvalue weighted by Gasteiger charge is -2.18. The molecule has 0 aromatic heterocycles. The van der Waals surface area contributed by atoms with Gasteiger partial charge in [0.1, 0.15) is 0 Å². The van der Waals surface area contributed by atoms with Crippen LogP contribution in [0.5, 0.6) is 0 Å². The van der Waals surface area contributed by atoms with Crippen molar-refractivity contribution >= 4 is 11.9 Å². The summed E-state index contributed by atoms with van der Waals surface area (Å²) in [4.78, 5) is 21.1. The van der Waals surface area contributed by atoms with E-state index < -0.39 is 18.0 Å². The highest BCUT2D eigenvalue weighted by Gasteiger charge is 2.14. The van der Waals surface area contributed by atoms with Crippen molar-refractivity contribution < 1.29 is 30.0 Å². The molecule has 0 radical (unpaired) electrons. The van der Waals surface area contributed by atoms with Crippen LogP contribution in [0.4, 0.5) is 0 Å². The van der Waals surface area contributed by atoms with Crippen molar-refractivity contribution in [3.8, 4) is 0 Å². The average Bonchev–Trinajstić information content (AvgIpc) is 2.67. The Morgan fingerprint density at radius 2 is 0.935 bits per heavy atom. The minimum Gasteiger partial charge on any atom is -0.478 e. The topological polar surface area (TPSA) is 115 Å². The molecule has 0 saturated carbocycles. The van der Waals surface area contributed by atoms with Crippen molar-refractivity contribution in [2.24, 2.45) is 0 Å². The summed E-state index contributed by atoms with van der Waals surface area (Å²) in [5.41, 5.74) is 3.14. The van der Waals surface area contributed by atoms with E-state index in [1.54, 1.807) is 24.3 Å². The van der Waals surface area contributed by atoms with Gasteiger partial charge in [-0.3, -0.25) is 0 Å². The average molecular weight is 433 g/mol. The molecule has 0 spiro atoms. The van der Waals surface area contributed by atoms with Crippen molar-refractivity contribution in [2.75, 3.05) is 6.61 Å². The van der Waals surface area contributed by atoms with Crippen LogP contribution in [0.15, 0.2) is 48.5 Å². The highest BCUT2D eigenvalue weighted by molar-refractivity contribution is 5.88. The molecule has 6 heteroatoms. The maximum atomic E-state index is 10.6. The molecule has 4 N–H and O–H groups in total. The lowest BCUT2D eigenvalue weighted by atomic mass is 9.87. The van der Waals surface area contributed by atoms with Crippen LogP contribution in [0.3, 0.4) is 0 Å². The number of carboxylic acids is 2. The molecule has 0 saturated heterocycles. The molecular formula is C25H36O6. The second-order valence-corrected chi connectivity index (χ2v) is 9.30. The first-order chi connectivity index (χ1) is 14.1. The number of hydrogen-bond acceptors (Lipinski definition) is 4. The fourth-order valence-electron chi connectivity index (χ4n) is 2.23. The van der Waals surface area contributed by atoms with Crippen molar-refractivity contribution in [3.63, 3.8) is 0 Å². The minimum atomic E-state index is -0.875. The maximum absolute atomic E-state index is 10.6. The van der Waals surface area contributed by atoms with Crippen LogP contribution >= 0.6 is 0 Å². The van der Waals surface area contributed by atoms with Gasteiger partial charge in [-0.2, -0.15) is 0 Å². The van der Waals surface area contributed by atoms with Crippen LogP contribution in [0, 0.1) is 0 Å². The van der Waals surface area contributed by atoms with Crippen molar-refractivity contribution in [1.82, 2.24) is 0 Å². The monoisotopic (exact) mass is 432 g/mol. The molecule has 0 aliphatic heterocycles. The molecule has 2 aromatic carbocycles. The zero-order chi connectivity index (χ0) is 24.4. The van der Waals surface area contributed by atoms with Crippen LogP contribution in [0.2, 0.25) is 0 Å². The summed E-state index contributed by atoms with van der Waals surface area (Å²) in [5, 5.41) is 33.4. The second-order valence-electron chi connectivity index (χ2n) is 9.30. The van der Waals surface area contributed by atoms with E-state index in [9.17, 15) is 9.59 Å². The van der Waals surface area contributed by atoms with E-state index >= 15 is 0 Å². The van der Waals surface area contributed by atoms with E-state index in [2.05, 4.69) is 41.5 Å². The number of hydrogen-bond donors (Lipinski definition) is 4. The maximum Gasteiger partial charge on any atom is 0.335 e. The van der Waals surface area contributed by atoms with Gasteiger partial charge in [-0.1, -0.05) is 65.8 Å². The number of carbonyl (C=O) groups is 2. The van der Waals surface area contributed by atoms with Crippen LogP contribution in [0.25, 0.3) is 0 Å². The number of rotatable bonds is 3. The Labute approximate surface area is 185 Å². The predicted molar refractivity (Wildman–Crippen MR) is 123 cm³/mol. The molecule has 0 aliphatic carbocycles. The molecule has 0 aliphatic rings. The Kier molecular flexibility index (Phi) is 11.2. The molecular weight excluding hydrogens is 396 g/mol. The molecule has 0 bridgehead atoms. The largest absolute Gasteiger partial charge is 0.478 e. The zero-order valence-corrected chi connectivity index (χ0v) is 19.5. The Bertz CT molecular complexity index is 740. The summed E-state index contributed by atoms with van der Waals surface area (Å²) in [6.07, 6.45) is -0.560. The number of aromatic carboxylic acids is 2. The smallest absolute Gasteiger partial charge is 0.335 e. The van der Waals surface area contributed by atoms with Gasteiger partial charge < -0.3 is 20.4 Å². The van der Waals surface area contributed by atoms with Gasteiger partial charge in [-0.25, -0.2) is 9.59 Å². The Morgan fingerprint density at radius 3 is 1.06 bits per heavy atom. The molecule has 2 aromatic rings. The molecule has 6 nitrogen and oxygen atoms in total. The second kappa shape index (κ2) is 12.2. The fourth-order valence-corrected chi connectivity index (χ4v) is 2.23. The third-order valence-electron chi connectivity index (χ3n) is 4.26. The van der Waals surface area contributed by atoms with E-state index in [1.807, 2.05) is 24.3 Å². The van der Waals surface area contributed by atoms with E-state index in [1.165, 1.54) is 6.92 Å². The SMILES string of the molecule is CC(C)(C)c1ccc(C(=O)O)cc1.CC(C)(C)c1ccc(C(=O)O)cc1.CC(O)CO. The zero-order valence-electron chi connectivity index (χ0n) is 19.5. The van der Waals surface area contributed by atoms with Crippen molar-refractivity contribution in [1.29, 1.82) is 0 Å². The van der Waals surface area contributed by atoms with Gasteiger partial charge in [-0.05, 0) is 53.1 Å². The lowest BCUT2D eigenvalue weighted by Crippen LogP contribution is -2.11. The van der Waals surface area contributed by atoms with Gasteiger partial charge in [0.2, 0.25) is 0 Å². The molecule has 2 rings (SSSR count). The lowest BCUT2D eigenvalue weighted by molar-refractivity contribution is 0.0686. The third kappa shape index (κ3) is 11.3. The molecule has 0 heterocycles. The number of carboxylic acid groups (broad SMARTS) is 2. The van der Waals surface area contributed by atoms with Crippen LogP contribution in [-0.2, 0) is 10.8 Å². The van der Waals surface area contributed by atoms with E-state index in [0.717, 1.165) is 11.1 Å². The first kappa shape index (κ1) is 28.3. The van der Waals surface area contributed by atoms with Crippen molar-refractivity contribution in [3.05, 3.63) is 70.8 Å². The molecule has 0 fully saturated rings. The van der Waals surface area contributed by atoms with Crippen LogP contribution in [-0.4, -0.2) is 45.1 Å². The first-order valence-corrected chi connectivity index (χ1v) is 10.1. The summed E-state index contributed by atoms with van der Waals surface area (Å²) in [6, 6.07) is 14.0. The van der Waals surface area contributed by atoms with Crippen LogP contribution in [0.1, 0.15) is 80.3 Å². The van der Waals surface area contributed by atoms with Crippen LogP contribution < -0.4 is 0 Å². The standard InChI is InChI=1S/2C11H14O2.C3H8O2/c2*1-11(2,3)9-6-4-8(5-7-9)10(12)13;1-3(5)2-4/h2*4-7H,1-3H3,(H,12,13);3-5H,2H2,1H3. The predicted octanol–water partition coefficient (Wildman–Crippen LogP) is 4.72. The molecule has 1 unspecified atom stereocenters. The summed E-state index contributed by atoms with van der Waals surface area (Å²) in [6.45, 7) is 14.0. The summed E-state index contributed by atoms with van der Waals surface area (Å²) < 4.78 is 0. The Hall–Kier alpha value is -2.70. The molecule has 0 amide bonds. The third-order valence-corrected chi connectivity index (χ3v) is 4.26. The normalized spacial score (nSPS) is 11.9. The highest BCUT2D eigenvalue weighted by atomic mass is 16.4. The number of aliphatic hydroxyl groups excluding tert-OH is 2. The van der Waals surface area contributed by atoms with Gasteiger partial charge in [0.15, 0.2) is 0 Å². The van der Waals surface area contributed by atoms with Crippen molar-refractivity contribution in [2.45, 2.75) is 65.4 Å². The minimum absolute atomic E-state index is 0.0804. The van der Waals surface area contributed by atoms with Gasteiger partial charge in [0.25, 0.3) is 0 Å². The number of benzene rings is 2. The van der Waals surface area contributed by atoms with Gasteiger partial charge in [0.05, 0.1) is 23.8 Å². The highest BCUT2D eigenvalue weighted by Crippen LogP contribution is 2.22. The van der Waals surface area contributed by atoms with Gasteiger partial charge in [0, 0.05) is 0 Å². The summed E-state index contributed by atoms with van der Waals surface area (Å²) in [5.74, 6) is -1.75. The molecule has 1 atom stereocenters. The summed E-state index contributed by atoms with van der Waals surface area (Å²) in [7, 11) is 0. The van der Waals surface area contributed by atoms with E-state index in [-0.39, 0.29) is 17.4 Å².